The summed E-state index contributed by atoms with van der Waals surface area (Å²) in [6.45, 7) is 1.84. The number of halogens is 2. The Morgan fingerprint density at radius 2 is 2.35 bits per heavy atom. The summed E-state index contributed by atoms with van der Waals surface area (Å²) in [5.41, 5.74) is 0.0731. The molecule has 0 unspecified atom stereocenters. The lowest BCUT2D eigenvalue weighted by atomic mass is 10.1. The van der Waals surface area contributed by atoms with Crippen LogP contribution in [0.2, 0.25) is 5.02 Å². The van der Waals surface area contributed by atoms with Crippen molar-refractivity contribution in [3.8, 4) is 0 Å². The molecule has 0 aromatic heterocycles. The van der Waals surface area contributed by atoms with E-state index < -0.39 is 11.8 Å². The molecule has 17 heavy (non-hydrogen) atoms. The van der Waals surface area contributed by atoms with Gasteiger partial charge in [0.05, 0.1) is 11.6 Å². The molecule has 1 aromatic rings. The summed E-state index contributed by atoms with van der Waals surface area (Å²) in [5, 5.41) is 3.55. The van der Waals surface area contributed by atoms with Crippen LogP contribution in [0.3, 0.4) is 0 Å². The van der Waals surface area contributed by atoms with E-state index in [9.17, 15) is 9.18 Å². The standard InChI is InChI=1S/C11H10ClFNO3/c1-3-17-11(15)10(14-16-2)8-5-4-7(13)6-9(8)12/h5-6H,3H2,1-2H3/b14-10+. The maximum atomic E-state index is 12.8. The van der Waals surface area contributed by atoms with Gasteiger partial charge >= 0.3 is 5.97 Å². The van der Waals surface area contributed by atoms with Gasteiger partial charge in [0, 0.05) is 11.6 Å². The summed E-state index contributed by atoms with van der Waals surface area (Å²) in [6.07, 6.45) is 0. The van der Waals surface area contributed by atoms with Crippen LogP contribution >= 0.6 is 11.6 Å². The molecular formula is C11H10ClFNO3. The van der Waals surface area contributed by atoms with Crippen LogP contribution in [0.15, 0.2) is 17.3 Å². The van der Waals surface area contributed by atoms with Crippen LogP contribution in [0.25, 0.3) is 0 Å². The van der Waals surface area contributed by atoms with Gasteiger partial charge in [0.2, 0.25) is 0 Å². The van der Waals surface area contributed by atoms with Gasteiger partial charge in [0.15, 0.2) is 5.71 Å². The molecule has 4 nitrogen and oxygen atoms in total. The van der Waals surface area contributed by atoms with E-state index in [4.69, 9.17) is 16.3 Å². The van der Waals surface area contributed by atoms with Gasteiger partial charge in [-0.1, -0.05) is 16.8 Å². The highest BCUT2D eigenvalue weighted by molar-refractivity contribution is 6.47. The third-order valence-corrected chi connectivity index (χ3v) is 2.08. The van der Waals surface area contributed by atoms with Crippen molar-refractivity contribution in [2.24, 2.45) is 5.16 Å². The zero-order valence-corrected chi connectivity index (χ0v) is 10.0. The van der Waals surface area contributed by atoms with Crippen LogP contribution in [0.4, 0.5) is 4.39 Å². The summed E-state index contributed by atoms with van der Waals surface area (Å²) in [5.74, 6) is -1.32. The molecule has 0 aliphatic rings. The fraction of sp³-hybridized carbons (Fsp3) is 0.273. The van der Waals surface area contributed by atoms with Crippen LogP contribution in [-0.2, 0) is 14.4 Å². The molecular weight excluding hydrogens is 249 g/mol. The molecule has 0 aliphatic carbocycles. The molecule has 0 heterocycles. The minimum Gasteiger partial charge on any atom is -0.461 e. The first-order valence-corrected chi connectivity index (χ1v) is 5.13. The molecule has 0 N–H and O–H groups in total. The van der Waals surface area contributed by atoms with Crippen molar-refractivity contribution >= 4 is 23.3 Å². The highest BCUT2D eigenvalue weighted by atomic mass is 35.5. The minimum atomic E-state index is -0.698. The van der Waals surface area contributed by atoms with Crippen molar-refractivity contribution in [3.63, 3.8) is 0 Å². The van der Waals surface area contributed by atoms with E-state index in [2.05, 4.69) is 16.1 Å². The van der Waals surface area contributed by atoms with Crippen molar-refractivity contribution in [3.05, 3.63) is 34.6 Å². The average Bonchev–Trinajstić information content (AvgIpc) is 2.27. The molecule has 0 atom stereocenters. The summed E-state index contributed by atoms with van der Waals surface area (Å²) >= 11 is 5.80. The second kappa shape index (κ2) is 6.20. The van der Waals surface area contributed by atoms with E-state index in [1.54, 1.807) is 6.92 Å². The van der Waals surface area contributed by atoms with Crippen LogP contribution in [0, 0.1) is 11.9 Å². The van der Waals surface area contributed by atoms with E-state index in [1.165, 1.54) is 13.2 Å². The minimum absolute atomic E-state index is 0.0325. The molecule has 91 valence electrons. The number of ether oxygens (including phenoxy) is 1. The first-order valence-electron chi connectivity index (χ1n) is 4.75. The molecule has 1 aromatic carbocycles. The van der Waals surface area contributed by atoms with Crippen LogP contribution in [0.1, 0.15) is 12.5 Å². The van der Waals surface area contributed by atoms with Crippen molar-refractivity contribution in [2.45, 2.75) is 6.92 Å². The lowest BCUT2D eigenvalue weighted by molar-refractivity contribution is -0.135. The van der Waals surface area contributed by atoms with Gasteiger partial charge in [-0.3, -0.25) is 0 Å². The number of carbonyl (C=O) groups excluding carboxylic acids is 1. The second-order valence-electron chi connectivity index (χ2n) is 2.89. The Hall–Kier alpha value is -1.62. The molecule has 0 saturated carbocycles. The lowest BCUT2D eigenvalue weighted by Gasteiger charge is -2.06. The predicted molar refractivity (Wildman–Crippen MR) is 60.4 cm³/mol. The lowest BCUT2D eigenvalue weighted by Crippen LogP contribution is -2.19. The summed E-state index contributed by atoms with van der Waals surface area (Å²) in [6, 6.07) is 4.53. The third kappa shape index (κ3) is 3.42. The maximum absolute atomic E-state index is 12.8. The molecule has 0 amide bonds. The van der Waals surface area contributed by atoms with E-state index in [-0.39, 0.29) is 22.9 Å². The van der Waals surface area contributed by atoms with E-state index >= 15 is 0 Å². The number of hydrogen-bond acceptors (Lipinski definition) is 4. The highest BCUT2D eigenvalue weighted by Gasteiger charge is 2.19. The van der Waals surface area contributed by atoms with E-state index in [0.717, 1.165) is 6.07 Å². The highest BCUT2D eigenvalue weighted by Crippen LogP contribution is 2.18. The Morgan fingerprint density at radius 1 is 1.65 bits per heavy atom. The molecule has 1 rings (SSSR count). The molecule has 0 fully saturated rings. The fourth-order valence-corrected chi connectivity index (χ4v) is 1.35. The first kappa shape index (κ1) is 13.4. The zero-order chi connectivity index (χ0) is 12.8. The largest absolute Gasteiger partial charge is 0.461 e. The molecule has 1 radical (unpaired) electrons. The predicted octanol–water partition coefficient (Wildman–Crippen LogP) is 2.19. The topological polar surface area (TPSA) is 47.9 Å². The van der Waals surface area contributed by atoms with Crippen LogP contribution < -0.4 is 0 Å². The Balaban J connectivity index is 3.15. The number of esters is 1. The number of nitrogens with zero attached hydrogens (tertiary/aromatic N) is 1. The summed E-state index contributed by atoms with van der Waals surface area (Å²) in [4.78, 5) is 16.1. The quantitative estimate of drug-likeness (QED) is 0.473. The van der Waals surface area contributed by atoms with Gasteiger partial charge in [-0.2, -0.15) is 0 Å². The van der Waals surface area contributed by atoms with Gasteiger partial charge in [-0.15, -0.1) is 0 Å². The third-order valence-electron chi connectivity index (χ3n) is 1.77. The van der Waals surface area contributed by atoms with Gasteiger partial charge in [0.1, 0.15) is 12.9 Å². The first-order chi connectivity index (χ1) is 8.10. The molecule has 0 saturated heterocycles. The number of rotatable bonds is 4. The molecule has 6 heteroatoms. The molecule has 0 bridgehead atoms. The molecule has 0 aliphatic heterocycles. The van der Waals surface area contributed by atoms with E-state index in [0.29, 0.717) is 0 Å². The molecule has 0 spiro atoms. The van der Waals surface area contributed by atoms with Crippen molar-refractivity contribution in [1.29, 1.82) is 0 Å². The smallest absolute Gasteiger partial charge is 0.361 e. The van der Waals surface area contributed by atoms with Crippen molar-refractivity contribution < 1.29 is 18.8 Å². The Bertz CT molecular complexity index is 448. The van der Waals surface area contributed by atoms with E-state index in [1.807, 2.05) is 0 Å². The van der Waals surface area contributed by atoms with Gasteiger partial charge in [0.25, 0.3) is 0 Å². The van der Waals surface area contributed by atoms with Gasteiger partial charge < -0.3 is 9.57 Å². The van der Waals surface area contributed by atoms with Crippen LogP contribution in [0.5, 0.6) is 0 Å². The van der Waals surface area contributed by atoms with Crippen molar-refractivity contribution in [2.75, 3.05) is 13.7 Å². The number of hydrogen-bond donors (Lipinski definition) is 0. The van der Waals surface area contributed by atoms with Crippen LogP contribution in [-0.4, -0.2) is 25.4 Å². The normalized spacial score (nSPS) is 11.2. The average molecular weight is 259 g/mol. The maximum Gasteiger partial charge on any atom is 0.361 e. The number of oxime groups is 1. The van der Waals surface area contributed by atoms with Gasteiger partial charge in [-0.05, 0) is 19.1 Å². The Morgan fingerprint density at radius 3 is 2.88 bits per heavy atom. The fourth-order valence-electron chi connectivity index (χ4n) is 1.11. The van der Waals surface area contributed by atoms with Crippen molar-refractivity contribution in [1.82, 2.24) is 0 Å². The second-order valence-corrected chi connectivity index (χ2v) is 3.29. The SMILES string of the molecule is CCOC(=O)/C(=N/OC)c1c[c]c(F)cc1Cl. The summed E-state index contributed by atoms with van der Waals surface area (Å²) in [7, 11) is 1.28. The Kier molecular flexibility index (Phi) is 4.90. The number of carbonyl (C=O) groups is 1. The van der Waals surface area contributed by atoms with Gasteiger partial charge in [-0.25, -0.2) is 9.18 Å². The zero-order valence-electron chi connectivity index (χ0n) is 9.29. The Labute approximate surface area is 103 Å². The monoisotopic (exact) mass is 258 g/mol. The number of benzene rings is 1. The summed E-state index contributed by atoms with van der Waals surface area (Å²) < 4.78 is 17.6.